The van der Waals surface area contributed by atoms with Gasteiger partial charge in [0.2, 0.25) is 5.95 Å². The first-order chi connectivity index (χ1) is 16.2. The number of nitrogens with one attached hydrogen (secondary N) is 2. The first-order valence-corrected chi connectivity index (χ1v) is 10.4. The zero-order chi connectivity index (χ0) is 24.7. The zero-order valence-electron chi connectivity index (χ0n) is 18.0. The number of allylic oxidation sites excluding steroid dienone is 1. The van der Waals surface area contributed by atoms with Crippen molar-refractivity contribution in [2.45, 2.75) is 19.1 Å². The van der Waals surface area contributed by atoms with Gasteiger partial charge in [-0.25, -0.2) is 4.98 Å². The summed E-state index contributed by atoms with van der Waals surface area (Å²) in [5.41, 5.74) is 6.22. The maximum atomic E-state index is 13.0. The second kappa shape index (κ2) is 10.9. The predicted octanol–water partition coefficient (Wildman–Crippen LogP) is 4.93. The lowest BCUT2D eigenvalue weighted by Gasteiger charge is -2.12. The molecule has 1 aromatic heterocycles. The van der Waals surface area contributed by atoms with Crippen molar-refractivity contribution in [2.24, 2.45) is 10.7 Å². The number of rotatable bonds is 8. The fraction of sp³-hybridized carbons (Fsp3) is 0.174. The van der Waals surface area contributed by atoms with Gasteiger partial charge in [-0.05, 0) is 47.7 Å². The van der Waals surface area contributed by atoms with E-state index in [1.807, 2.05) is 0 Å². The average molecular weight is 492 g/mol. The normalized spacial score (nSPS) is 12.2. The van der Waals surface area contributed by atoms with Gasteiger partial charge in [-0.15, -0.1) is 0 Å². The molecule has 3 aromatic rings. The molecule has 7 nitrogen and oxygen atoms in total. The number of ether oxygens (including phenoxy) is 1. The van der Waals surface area contributed by atoms with Crippen molar-refractivity contribution in [3.63, 3.8) is 0 Å². The smallest absolute Gasteiger partial charge is 0.417 e. The van der Waals surface area contributed by atoms with Crippen LogP contribution in [-0.4, -0.2) is 23.2 Å². The molecule has 4 N–H and O–H groups in total. The van der Waals surface area contributed by atoms with Gasteiger partial charge in [0.05, 0.1) is 10.6 Å². The van der Waals surface area contributed by atoms with Crippen LogP contribution in [0.4, 0.5) is 19.1 Å². The third-order valence-corrected chi connectivity index (χ3v) is 4.97. The molecule has 1 heterocycles. The Balaban J connectivity index is 1.61. The molecule has 34 heavy (non-hydrogen) atoms. The van der Waals surface area contributed by atoms with E-state index >= 15 is 0 Å². The van der Waals surface area contributed by atoms with Gasteiger partial charge >= 0.3 is 6.18 Å². The summed E-state index contributed by atoms with van der Waals surface area (Å²) in [7, 11) is 1.61. The Morgan fingerprint density at radius 2 is 1.94 bits per heavy atom. The summed E-state index contributed by atoms with van der Waals surface area (Å²) >= 11 is 5.63. The number of nitrogens with zero attached hydrogens (tertiary/aromatic N) is 2. The van der Waals surface area contributed by atoms with E-state index in [0.717, 1.165) is 17.7 Å². The van der Waals surface area contributed by atoms with Crippen LogP contribution < -0.4 is 21.3 Å². The van der Waals surface area contributed by atoms with Crippen molar-refractivity contribution in [2.75, 3.05) is 12.4 Å². The molecule has 11 heteroatoms. The molecule has 0 atom stereocenters. The lowest BCUT2D eigenvalue weighted by Crippen LogP contribution is -2.17. The number of H-pyrrole nitrogens is 1. The minimum atomic E-state index is -4.58. The highest BCUT2D eigenvalue weighted by Gasteiger charge is 2.33. The Labute approximate surface area is 198 Å². The Morgan fingerprint density at radius 3 is 2.56 bits per heavy atom. The molecule has 0 bridgehead atoms. The van der Waals surface area contributed by atoms with Crippen LogP contribution in [0.15, 0.2) is 70.2 Å². The van der Waals surface area contributed by atoms with Gasteiger partial charge in [-0.3, -0.25) is 14.8 Å². The van der Waals surface area contributed by atoms with E-state index in [-0.39, 0.29) is 17.3 Å². The molecule has 0 amide bonds. The third kappa shape index (κ3) is 6.61. The summed E-state index contributed by atoms with van der Waals surface area (Å²) in [5, 5.41) is 2.61. The summed E-state index contributed by atoms with van der Waals surface area (Å²) in [4.78, 5) is 23.0. The van der Waals surface area contributed by atoms with Crippen LogP contribution in [-0.2, 0) is 19.1 Å². The Kier molecular flexibility index (Phi) is 7.95. The van der Waals surface area contributed by atoms with Crippen LogP contribution in [0.5, 0.6) is 11.5 Å². The summed E-state index contributed by atoms with van der Waals surface area (Å²) < 4.78 is 44.5. The summed E-state index contributed by atoms with van der Waals surface area (Å²) in [6, 6.07) is 10.1. The van der Waals surface area contributed by atoms with Gasteiger partial charge in [0, 0.05) is 38.0 Å². The number of aromatic nitrogens is 2. The molecule has 178 valence electrons. The van der Waals surface area contributed by atoms with Gasteiger partial charge in [-0.2, -0.15) is 13.2 Å². The van der Waals surface area contributed by atoms with Crippen molar-refractivity contribution in [3.05, 3.63) is 92.5 Å². The van der Waals surface area contributed by atoms with Crippen LogP contribution in [0.3, 0.4) is 0 Å². The second-order valence-electron chi connectivity index (χ2n) is 7.13. The number of nitrogens with two attached hydrogens (primary N) is 1. The molecular formula is C23H21ClF3N5O2. The first kappa shape index (κ1) is 24.8. The first-order valence-electron chi connectivity index (χ1n) is 9.98. The molecule has 0 saturated heterocycles. The molecule has 0 aliphatic heterocycles. The van der Waals surface area contributed by atoms with Crippen LogP contribution >= 0.6 is 11.6 Å². The van der Waals surface area contributed by atoms with Gasteiger partial charge in [-0.1, -0.05) is 23.7 Å². The molecule has 0 spiro atoms. The zero-order valence-corrected chi connectivity index (χ0v) is 18.7. The molecule has 0 aliphatic carbocycles. The number of aromatic amines is 1. The molecule has 0 fully saturated rings. The van der Waals surface area contributed by atoms with Gasteiger partial charge in [0.15, 0.2) is 0 Å². The summed E-state index contributed by atoms with van der Waals surface area (Å²) in [6.45, 7) is 0.345. The number of hydrogen-bond donors (Lipinski definition) is 3. The average Bonchev–Trinajstić information content (AvgIpc) is 2.80. The SMILES string of the molecule is CN=CC(=CN)Cc1cnc(NCc2ccc(Oc3ccc(Cl)c(C(F)(F)F)c3)cc2)[nH]c1=O. The van der Waals surface area contributed by atoms with Gasteiger partial charge < -0.3 is 15.8 Å². The maximum Gasteiger partial charge on any atom is 0.417 e. The van der Waals surface area contributed by atoms with Crippen molar-refractivity contribution < 1.29 is 17.9 Å². The Morgan fingerprint density at radius 1 is 1.24 bits per heavy atom. The molecule has 0 radical (unpaired) electrons. The van der Waals surface area contributed by atoms with E-state index in [1.54, 1.807) is 37.5 Å². The van der Waals surface area contributed by atoms with E-state index in [4.69, 9.17) is 22.1 Å². The largest absolute Gasteiger partial charge is 0.457 e. The van der Waals surface area contributed by atoms with Crippen LogP contribution in [0.25, 0.3) is 0 Å². The van der Waals surface area contributed by atoms with E-state index in [0.29, 0.717) is 29.9 Å². The Bertz CT molecular complexity index is 1250. The molecular weight excluding hydrogens is 471 g/mol. The van der Waals surface area contributed by atoms with E-state index in [1.165, 1.54) is 18.5 Å². The van der Waals surface area contributed by atoms with Gasteiger partial charge in [0.25, 0.3) is 5.56 Å². The quantitative estimate of drug-likeness (QED) is 0.387. The van der Waals surface area contributed by atoms with Crippen LogP contribution in [0, 0.1) is 0 Å². The van der Waals surface area contributed by atoms with Crippen molar-refractivity contribution in [3.8, 4) is 11.5 Å². The highest BCUT2D eigenvalue weighted by molar-refractivity contribution is 6.31. The fourth-order valence-electron chi connectivity index (χ4n) is 2.95. The van der Waals surface area contributed by atoms with E-state index in [9.17, 15) is 18.0 Å². The number of alkyl halides is 3. The maximum absolute atomic E-state index is 13.0. The highest BCUT2D eigenvalue weighted by atomic mass is 35.5. The van der Waals surface area contributed by atoms with Crippen molar-refractivity contribution >= 4 is 23.8 Å². The van der Waals surface area contributed by atoms with Gasteiger partial charge in [0.1, 0.15) is 11.5 Å². The fourth-order valence-corrected chi connectivity index (χ4v) is 3.18. The number of anilines is 1. The lowest BCUT2D eigenvalue weighted by atomic mass is 10.1. The molecule has 2 aromatic carbocycles. The topological polar surface area (TPSA) is 105 Å². The number of halogens is 4. The van der Waals surface area contributed by atoms with E-state index in [2.05, 4.69) is 20.3 Å². The minimum absolute atomic E-state index is 0.0160. The summed E-state index contributed by atoms with van der Waals surface area (Å²) in [6.07, 6.45) is 0.143. The second-order valence-corrected chi connectivity index (χ2v) is 7.54. The van der Waals surface area contributed by atoms with Crippen molar-refractivity contribution in [1.82, 2.24) is 9.97 Å². The lowest BCUT2D eigenvalue weighted by molar-refractivity contribution is -0.137. The van der Waals surface area contributed by atoms with Crippen LogP contribution in [0.1, 0.15) is 16.7 Å². The molecule has 3 rings (SSSR count). The number of aliphatic imine (C=N–C) groups is 1. The minimum Gasteiger partial charge on any atom is -0.457 e. The number of hydrogen-bond acceptors (Lipinski definition) is 6. The molecule has 0 unspecified atom stereocenters. The monoisotopic (exact) mass is 491 g/mol. The van der Waals surface area contributed by atoms with E-state index < -0.39 is 16.8 Å². The summed E-state index contributed by atoms with van der Waals surface area (Å²) in [5.74, 6) is 0.661. The molecule has 0 aliphatic rings. The standard InChI is InChI=1S/C23H21ClF3N5O2/c1-29-11-15(10-28)8-16-13-31-22(32-21(16)33)30-12-14-2-4-17(5-3-14)34-18-6-7-20(24)19(9-18)23(25,26)27/h2-7,9-11,13H,8,12,28H2,1H3,(H2,30,31,32,33). The highest BCUT2D eigenvalue weighted by Crippen LogP contribution is 2.37. The van der Waals surface area contributed by atoms with Crippen molar-refractivity contribution in [1.29, 1.82) is 0 Å². The predicted molar refractivity (Wildman–Crippen MR) is 126 cm³/mol. The van der Waals surface area contributed by atoms with Crippen LogP contribution in [0.2, 0.25) is 5.02 Å². The Hall–Kier alpha value is -3.79. The number of benzene rings is 2. The molecule has 0 saturated carbocycles. The third-order valence-electron chi connectivity index (χ3n) is 4.64.